The van der Waals surface area contributed by atoms with Gasteiger partial charge in [0.05, 0.1) is 26.2 Å². The maximum Gasteiger partial charge on any atom is 0.277 e. The molecule has 0 saturated heterocycles. The van der Waals surface area contributed by atoms with Crippen LogP contribution in [0.1, 0.15) is 18.9 Å². The monoisotopic (exact) mass is 396 g/mol. The van der Waals surface area contributed by atoms with E-state index in [4.69, 9.17) is 9.47 Å². The van der Waals surface area contributed by atoms with Gasteiger partial charge >= 0.3 is 0 Å². The van der Waals surface area contributed by atoms with Crippen molar-refractivity contribution in [1.82, 2.24) is 19.9 Å². The topological polar surface area (TPSA) is 86.6 Å². The summed E-state index contributed by atoms with van der Waals surface area (Å²) in [5, 5.41) is 8.49. The van der Waals surface area contributed by atoms with Crippen LogP contribution < -0.4 is 15.0 Å². The van der Waals surface area contributed by atoms with Crippen molar-refractivity contribution in [2.24, 2.45) is 0 Å². The van der Waals surface area contributed by atoms with Gasteiger partial charge in [-0.15, -0.1) is 5.10 Å². The zero-order valence-corrected chi connectivity index (χ0v) is 16.8. The third kappa shape index (κ3) is 4.53. The molecule has 0 saturated carbocycles. The Kier molecular flexibility index (Phi) is 6.43. The Hall–Kier alpha value is -3.42. The summed E-state index contributed by atoms with van der Waals surface area (Å²) < 4.78 is 11.8. The first-order chi connectivity index (χ1) is 14.1. The van der Waals surface area contributed by atoms with Crippen molar-refractivity contribution in [1.29, 1.82) is 0 Å². The van der Waals surface area contributed by atoms with Crippen molar-refractivity contribution >= 4 is 16.8 Å². The van der Waals surface area contributed by atoms with Crippen molar-refractivity contribution in [3.8, 4) is 11.5 Å². The van der Waals surface area contributed by atoms with Crippen LogP contribution in [0.5, 0.6) is 11.5 Å². The predicted octanol–water partition coefficient (Wildman–Crippen LogP) is 2.25. The van der Waals surface area contributed by atoms with Gasteiger partial charge in [0.2, 0.25) is 5.91 Å². The van der Waals surface area contributed by atoms with Gasteiger partial charge in [0.25, 0.3) is 5.56 Å². The van der Waals surface area contributed by atoms with Gasteiger partial charge in [-0.2, -0.15) is 0 Å². The Labute approximate surface area is 168 Å². The van der Waals surface area contributed by atoms with Gasteiger partial charge in [0, 0.05) is 19.5 Å². The number of aryl methyl sites for hydroxylation is 1. The van der Waals surface area contributed by atoms with E-state index in [1.165, 1.54) is 4.68 Å². The number of ether oxygens (including phenoxy) is 2. The molecule has 29 heavy (non-hydrogen) atoms. The maximum absolute atomic E-state index is 12.7. The number of nitrogens with zero attached hydrogens (tertiary/aromatic N) is 4. The fraction of sp³-hybridized carbons (Fsp3) is 0.333. The van der Waals surface area contributed by atoms with Gasteiger partial charge in [-0.3, -0.25) is 9.59 Å². The summed E-state index contributed by atoms with van der Waals surface area (Å²) in [5.41, 5.74) is 1.23. The first-order valence-corrected chi connectivity index (χ1v) is 9.38. The SMILES string of the molecule is CCN(Cc1ccc(OC)c(OC)c1)C(=O)CCn1nnc2ccccc2c1=O. The minimum absolute atomic E-state index is 0.0656. The number of benzene rings is 2. The van der Waals surface area contributed by atoms with Crippen LogP contribution in [0.2, 0.25) is 0 Å². The molecule has 1 heterocycles. The molecule has 0 aliphatic carbocycles. The number of carbonyl (C=O) groups is 1. The molecule has 0 aliphatic heterocycles. The Morgan fingerprint density at radius 2 is 1.86 bits per heavy atom. The minimum atomic E-state index is -0.244. The molecular formula is C21H24N4O4. The van der Waals surface area contributed by atoms with Gasteiger partial charge < -0.3 is 14.4 Å². The lowest BCUT2D eigenvalue weighted by atomic mass is 10.1. The molecule has 1 aromatic heterocycles. The highest BCUT2D eigenvalue weighted by molar-refractivity contribution is 5.77. The zero-order chi connectivity index (χ0) is 20.8. The second-order valence-corrected chi connectivity index (χ2v) is 6.48. The zero-order valence-electron chi connectivity index (χ0n) is 16.8. The third-order valence-corrected chi connectivity index (χ3v) is 4.72. The Morgan fingerprint density at radius 1 is 1.10 bits per heavy atom. The maximum atomic E-state index is 12.7. The van der Waals surface area contributed by atoms with Crippen molar-refractivity contribution in [2.45, 2.75) is 26.4 Å². The van der Waals surface area contributed by atoms with Crippen LogP contribution in [0.4, 0.5) is 0 Å². The van der Waals surface area contributed by atoms with Crippen LogP contribution >= 0.6 is 0 Å². The number of aromatic nitrogens is 3. The predicted molar refractivity (Wildman–Crippen MR) is 109 cm³/mol. The second kappa shape index (κ2) is 9.18. The molecule has 3 rings (SSSR count). The van der Waals surface area contributed by atoms with Crippen LogP contribution in [0, 0.1) is 0 Å². The first kappa shape index (κ1) is 20.3. The van der Waals surface area contributed by atoms with Gasteiger partial charge in [-0.1, -0.05) is 23.4 Å². The van der Waals surface area contributed by atoms with Gasteiger partial charge in [0.1, 0.15) is 5.52 Å². The number of methoxy groups -OCH3 is 2. The number of fused-ring (bicyclic) bond motifs is 1. The highest BCUT2D eigenvalue weighted by Crippen LogP contribution is 2.28. The molecule has 8 heteroatoms. The molecule has 0 N–H and O–H groups in total. The Balaban J connectivity index is 1.69. The number of rotatable bonds is 8. The summed E-state index contributed by atoms with van der Waals surface area (Å²) >= 11 is 0. The summed E-state index contributed by atoms with van der Waals surface area (Å²) in [6.45, 7) is 3.08. The summed E-state index contributed by atoms with van der Waals surface area (Å²) in [6.07, 6.45) is 0.161. The molecule has 8 nitrogen and oxygen atoms in total. The van der Waals surface area contributed by atoms with Crippen molar-refractivity contribution in [3.05, 3.63) is 58.4 Å². The lowest BCUT2D eigenvalue weighted by molar-refractivity contribution is -0.131. The summed E-state index contributed by atoms with van der Waals surface area (Å²) in [5.74, 6) is 1.19. The molecule has 152 valence electrons. The molecule has 0 unspecified atom stereocenters. The molecule has 0 radical (unpaired) electrons. The van der Waals surface area contributed by atoms with Crippen molar-refractivity contribution in [3.63, 3.8) is 0 Å². The van der Waals surface area contributed by atoms with Crippen LogP contribution in [-0.2, 0) is 17.9 Å². The molecule has 0 aliphatic rings. The van der Waals surface area contributed by atoms with Crippen LogP contribution in [0.25, 0.3) is 10.9 Å². The molecule has 0 bridgehead atoms. The molecule has 3 aromatic rings. The van der Waals surface area contributed by atoms with E-state index >= 15 is 0 Å². The van der Waals surface area contributed by atoms with E-state index in [2.05, 4.69) is 10.3 Å². The van der Waals surface area contributed by atoms with Crippen LogP contribution in [0.3, 0.4) is 0 Å². The first-order valence-electron chi connectivity index (χ1n) is 9.38. The Bertz CT molecular complexity index is 1060. The van der Waals surface area contributed by atoms with Gasteiger partial charge in [0.15, 0.2) is 11.5 Å². The average molecular weight is 396 g/mol. The third-order valence-electron chi connectivity index (χ3n) is 4.72. The molecular weight excluding hydrogens is 372 g/mol. The molecule has 1 amide bonds. The molecule has 2 aromatic carbocycles. The van der Waals surface area contributed by atoms with E-state index in [-0.39, 0.29) is 24.4 Å². The summed E-state index contributed by atoms with van der Waals surface area (Å²) in [7, 11) is 3.16. The molecule has 0 fully saturated rings. The minimum Gasteiger partial charge on any atom is -0.493 e. The van der Waals surface area contributed by atoms with Crippen molar-refractivity contribution in [2.75, 3.05) is 20.8 Å². The van der Waals surface area contributed by atoms with E-state index in [0.29, 0.717) is 35.5 Å². The largest absolute Gasteiger partial charge is 0.493 e. The quantitative estimate of drug-likeness (QED) is 0.580. The lowest BCUT2D eigenvalue weighted by Crippen LogP contribution is -2.33. The van der Waals surface area contributed by atoms with E-state index in [1.807, 2.05) is 25.1 Å². The standard InChI is InChI=1S/C21H24N4O4/c1-4-24(14-15-9-10-18(28-2)19(13-15)29-3)20(26)11-12-25-21(27)16-7-5-6-8-17(16)22-23-25/h5-10,13H,4,11-12,14H2,1-3H3. The number of carbonyl (C=O) groups excluding carboxylic acids is 1. The van der Waals surface area contributed by atoms with Gasteiger partial charge in [-0.25, -0.2) is 4.68 Å². The second-order valence-electron chi connectivity index (χ2n) is 6.48. The summed E-state index contributed by atoms with van der Waals surface area (Å²) in [6, 6.07) is 12.6. The van der Waals surface area contributed by atoms with Crippen LogP contribution in [0.15, 0.2) is 47.3 Å². The van der Waals surface area contributed by atoms with E-state index in [1.54, 1.807) is 43.4 Å². The van der Waals surface area contributed by atoms with Crippen LogP contribution in [-0.4, -0.2) is 46.6 Å². The smallest absolute Gasteiger partial charge is 0.277 e. The van der Waals surface area contributed by atoms with E-state index < -0.39 is 0 Å². The highest BCUT2D eigenvalue weighted by Gasteiger charge is 2.15. The molecule has 0 spiro atoms. The average Bonchev–Trinajstić information content (AvgIpc) is 2.76. The van der Waals surface area contributed by atoms with E-state index in [0.717, 1.165) is 5.56 Å². The number of hydrogen-bond acceptors (Lipinski definition) is 6. The van der Waals surface area contributed by atoms with E-state index in [9.17, 15) is 9.59 Å². The number of amides is 1. The molecule has 0 atom stereocenters. The number of hydrogen-bond donors (Lipinski definition) is 0. The lowest BCUT2D eigenvalue weighted by Gasteiger charge is -2.21. The van der Waals surface area contributed by atoms with Crippen molar-refractivity contribution < 1.29 is 14.3 Å². The summed E-state index contributed by atoms with van der Waals surface area (Å²) in [4.78, 5) is 26.9. The highest BCUT2D eigenvalue weighted by atomic mass is 16.5. The Morgan fingerprint density at radius 3 is 2.59 bits per heavy atom. The van der Waals surface area contributed by atoms with Gasteiger partial charge in [-0.05, 0) is 36.8 Å². The normalized spacial score (nSPS) is 10.7. The fourth-order valence-corrected chi connectivity index (χ4v) is 3.11. The fourth-order valence-electron chi connectivity index (χ4n) is 3.11.